The molecule has 7 nitrogen and oxygen atoms in total. The van der Waals surface area contributed by atoms with Crippen molar-refractivity contribution in [3.8, 4) is 12.8 Å². The molecule has 0 N–H and O–H groups in total. The molecule has 0 atom stereocenters. The van der Waals surface area contributed by atoms with E-state index in [1.54, 1.807) is 6.07 Å². The molecule has 186 valence electrons. The minimum atomic E-state index is -3.07. The summed E-state index contributed by atoms with van der Waals surface area (Å²) in [5.74, 6) is 1.61. The van der Waals surface area contributed by atoms with Crippen LogP contribution in [0.1, 0.15) is 57.4 Å². The van der Waals surface area contributed by atoms with Crippen LogP contribution in [0.5, 0.6) is 0 Å². The van der Waals surface area contributed by atoms with Gasteiger partial charge in [-0.2, -0.15) is 0 Å². The monoisotopic (exact) mass is 486 g/mol. The molecule has 3 heterocycles. The second-order valence-corrected chi connectivity index (χ2v) is 10.7. The average molecular weight is 487 g/mol. The molecular formula is C26H38N4O3S. The van der Waals surface area contributed by atoms with Gasteiger partial charge in [0.1, 0.15) is 0 Å². The predicted octanol–water partition coefficient (Wildman–Crippen LogP) is 4.34. The van der Waals surface area contributed by atoms with E-state index < -0.39 is 9.84 Å². The second-order valence-electron chi connectivity index (χ2n) is 8.73. The molecule has 1 aliphatic carbocycles. The smallest absolute Gasteiger partial charge is 0.225 e. The summed E-state index contributed by atoms with van der Waals surface area (Å²) in [5, 5.41) is 0. The molecule has 8 heteroatoms. The number of piperidine rings is 1. The first kappa shape index (κ1) is 27.7. The Bertz CT molecular complexity index is 935. The maximum absolute atomic E-state index is 10.8. The zero-order valence-electron chi connectivity index (χ0n) is 20.5. The van der Waals surface area contributed by atoms with E-state index in [4.69, 9.17) is 4.74 Å². The number of ether oxygens (including phenoxy) is 1. The van der Waals surface area contributed by atoms with Gasteiger partial charge in [-0.05, 0) is 55.7 Å². The van der Waals surface area contributed by atoms with Crippen LogP contribution < -0.4 is 4.90 Å². The number of pyridine rings is 1. The van der Waals surface area contributed by atoms with Crippen molar-refractivity contribution < 1.29 is 13.2 Å². The number of sulfone groups is 1. The first-order valence-electron chi connectivity index (χ1n) is 12.1. The summed E-state index contributed by atoms with van der Waals surface area (Å²) in [7, 11) is -3.07. The summed E-state index contributed by atoms with van der Waals surface area (Å²) in [6.45, 7) is 5.21. The maximum Gasteiger partial charge on any atom is 0.225 e. The third-order valence-corrected chi connectivity index (χ3v) is 7.28. The van der Waals surface area contributed by atoms with Gasteiger partial charge in [-0.25, -0.2) is 18.4 Å². The van der Waals surface area contributed by atoms with Crippen molar-refractivity contribution in [2.45, 2.75) is 69.3 Å². The highest BCUT2D eigenvalue weighted by atomic mass is 32.2. The molecule has 34 heavy (non-hydrogen) atoms. The van der Waals surface area contributed by atoms with E-state index in [-0.39, 0.29) is 4.90 Å². The number of anilines is 1. The van der Waals surface area contributed by atoms with Crippen molar-refractivity contribution in [3.63, 3.8) is 0 Å². The fourth-order valence-corrected chi connectivity index (χ4v) is 4.64. The maximum atomic E-state index is 10.8. The van der Waals surface area contributed by atoms with Crippen molar-refractivity contribution in [3.05, 3.63) is 42.5 Å². The van der Waals surface area contributed by atoms with Gasteiger partial charge in [0.2, 0.25) is 5.95 Å². The van der Waals surface area contributed by atoms with Gasteiger partial charge in [-0.3, -0.25) is 4.98 Å². The molecule has 4 rings (SSSR count). The minimum absolute atomic E-state index is 0.259. The zero-order chi connectivity index (χ0) is 24.8. The quantitative estimate of drug-likeness (QED) is 0.562. The molecular weight excluding hydrogens is 448 g/mol. The van der Waals surface area contributed by atoms with Crippen LogP contribution in [0.2, 0.25) is 0 Å². The largest absolute Gasteiger partial charge is 0.378 e. The van der Waals surface area contributed by atoms with E-state index in [0.717, 1.165) is 38.3 Å². The summed E-state index contributed by atoms with van der Waals surface area (Å²) in [6.07, 6.45) is 26.5. The molecule has 1 aliphatic heterocycles. The van der Waals surface area contributed by atoms with Gasteiger partial charge >= 0.3 is 0 Å². The van der Waals surface area contributed by atoms with Crippen LogP contribution in [0.25, 0.3) is 0 Å². The van der Waals surface area contributed by atoms with Gasteiger partial charge in [0.05, 0.1) is 11.0 Å². The number of aryl methyl sites for hydroxylation is 1. The Hall–Kier alpha value is -2.50. The van der Waals surface area contributed by atoms with Crippen LogP contribution in [-0.4, -0.2) is 55.4 Å². The van der Waals surface area contributed by atoms with Crippen LogP contribution >= 0.6 is 0 Å². The van der Waals surface area contributed by atoms with Crippen LogP contribution in [0, 0.1) is 18.8 Å². The lowest BCUT2D eigenvalue weighted by atomic mass is 9.96. The molecule has 2 aromatic heterocycles. The molecule has 0 radical (unpaired) electrons. The van der Waals surface area contributed by atoms with Gasteiger partial charge in [0.25, 0.3) is 0 Å². The lowest BCUT2D eigenvalue weighted by Gasteiger charge is -2.33. The van der Waals surface area contributed by atoms with E-state index in [1.807, 2.05) is 12.4 Å². The highest BCUT2D eigenvalue weighted by Gasteiger charge is 2.23. The Kier molecular flexibility index (Phi) is 12.0. The third-order valence-electron chi connectivity index (χ3n) is 6.18. The second kappa shape index (κ2) is 14.7. The van der Waals surface area contributed by atoms with Gasteiger partial charge in [0.15, 0.2) is 9.84 Å². The van der Waals surface area contributed by atoms with Crippen molar-refractivity contribution in [1.29, 1.82) is 0 Å². The van der Waals surface area contributed by atoms with Gasteiger partial charge < -0.3 is 9.64 Å². The van der Waals surface area contributed by atoms with Crippen LogP contribution in [0.3, 0.4) is 0 Å². The number of aromatic nitrogens is 3. The van der Waals surface area contributed by atoms with Crippen LogP contribution in [-0.2, 0) is 21.0 Å². The highest BCUT2D eigenvalue weighted by Crippen LogP contribution is 2.24. The Morgan fingerprint density at radius 2 is 1.68 bits per heavy atom. The Morgan fingerprint density at radius 3 is 2.18 bits per heavy atom. The first-order chi connectivity index (χ1) is 16.5. The molecule has 0 bridgehead atoms. The fourth-order valence-electron chi connectivity index (χ4n) is 4.06. The van der Waals surface area contributed by atoms with Gasteiger partial charge in [-0.15, -0.1) is 12.8 Å². The number of rotatable bonds is 6. The summed E-state index contributed by atoms with van der Waals surface area (Å²) in [5.41, 5.74) is 1.21. The number of terminal acetylenes is 1. The van der Waals surface area contributed by atoms with Crippen molar-refractivity contribution in [2.75, 3.05) is 30.9 Å². The lowest BCUT2D eigenvalue weighted by Crippen LogP contribution is -2.36. The third kappa shape index (κ3) is 9.40. The predicted molar refractivity (Wildman–Crippen MR) is 136 cm³/mol. The minimum Gasteiger partial charge on any atom is -0.378 e. The molecule has 2 fully saturated rings. The van der Waals surface area contributed by atoms with E-state index in [9.17, 15) is 8.42 Å². The van der Waals surface area contributed by atoms with E-state index >= 15 is 0 Å². The Balaban J connectivity index is 0.000000286. The molecule has 1 saturated carbocycles. The summed E-state index contributed by atoms with van der Waals surface area (Å²) in [6, 6.07) is 3.11. The van der Waals surface area contributed by atoms with Crippen molar-refractivity contribution >= 4 is 15.8 Å². The number of nitrogens with zero attached hydrogens (tertiary/aromatic N) is 4. The topological polar surface area (TPSA) is 85.3 Å². The Labute approximate surface area is 205 Å². The lowest BCUT2D eigenvalue weighted by molar-refractivity contribution is 0.00355. The van der Waals surface area contributed by atoms with Gasteiger partial charge in [0, 0.05) is 50.7 Å². The van der Waals surface area contributed by atoms with Crippen LogP contribution in [0.4, 0.5) is 5.95 Å². The van der Waals surface area contributed by atoms with Gasteiger partial charge in [-0.1, -0.05) is 26.2 Å². The molecule has 0 unspecified atom stereocenters. The molecule has 2 aromatic rings. The Morgan fingerprint density at radius 1 is 1.03 bits per heavy atom. The molecule has 0 amide bonds. The zero-order valence-corrected chi connectivity index (χ0v) is 21.3. The molecule has 1 saturated heterocycles. The summed E-state index contributed by atoms with van der Waals surface area (Å²) >= 11 is 0. The molecule has 2 aliphatic rings. The number of hydrogen-bond donors (Lipinski definition) is 0. The van der Waals surface area contributed by atoms with E-state index in [1.165, 1.54) is 69.0 Å². The van der Waals surface area contributed by atoms with E-state index in [0.29, 0.717) is 12.0 Å². The fraction of sp³-hybridized carbons (Fsp3) is 0.577. The average Bonchev–Trinajstić information content (AvgIpc) is 2.90. The van der Waals surface area contributed by atoms with Crippen LogP contribution in [0.15, 0.2) is 41.8 Å². The van der Waals surface area contributed by atoms with Crippen molar-refractivity contribution in [1.82, 2.24) is 15.0 Å². The summed E-state index contributed by atoms with van der Waals surface area (Å²) in [4.78, 5) is 15.2. The molecule has 0 aromatic carbocycles. The first-order valence-corrected chi connectivity index (χ1v) is 14.0. The normalized spacial score (nSPS) is 17.1. The van der Waals surface area contributed by atoms with E-state index in [2.05, 4.69) is 39.6 Å². The number of hydrogen-bond acceptors (Lipinski definition) is 7. The SMILES string of the molecule is C#C.CCc1cnc(N2CCC(COC3CCCCC3)CC2)nc1.CS(=O)(=O)c1cccnc1. The summed E-state index contributed by atoms with van der Waals surface area (Å²) < 4.78 is 27.7. The standard InChI is InChI=1S/C18H29N3O.C6H7NO2S.C2H2/c1-2-15-12-19-18(20-13-15)21-10-8-16(9-11-21)14-22-17-6-4-3-5-7-17;1-10(8,9)6-3-2-4-7-5-6;1-2/h12-13,16-17H,2-11,14H2,1H3;2-5H,1H3;1-2H. The van der Waals surface area contributed by atoms with Crippen molar-refractivity contribution in [2.24, 2.45) is 5.92 Å². The highest BCUT2D eigenvalue weighted by molar-refractivity contribution is 7.90. The molecule has 0 spiro atoms.